The Morgan fingerprint density at radius 2 is 2.25 bits per heavy atom. The number of H-pyrrole nitrogens is 1. The van der Waals surface area contributed by atoms with Crippen LogP contribution in [0.5, 0.6) is 0 Å². The summed E-state index contributed by atoms with van der Waals surface area (Å²) in [6.07, 6.45) is 4.45. The zero-order valence-electron chi connectivity index (χ0n) is 13.7. The molecule has 1 aliphatic rings. The van der Waals surface area contributed by atoms with E-state index in [-0.39, 0.29) is 12.1 Å². The van der Waals surface area contributed by atoms with E-state index in [0.717, 1.165) is 30.7 Å². The van der Waals surface area contributed by atoms with Crippen LogP contribution in [-0.4, -0.2) is 46.4 Å². The van der Waals surface area contributed by atoms with Crippen LogP contribution in [0.4, 0.5) is 8.78 Å². The summed E-state index contributed by atoms with van der Waals surface area (Å²) in [6, 6.07) is 3.62. The first-order valence-electron chi connectivity index (χ1n) is 7.84. The molecule has 1 aromatic heterocycles. The second-order valence-electron chi connectivity index (χ2n) is 5.91. The summed E-state index contributed by atoms with van der Waals surface area (Å²) in [5.74, 6) is 0.374. The van der Waals surface area contributed by atoms with Crippen LogP contribution in [0.15, 0.2) is 24.3 Å². The minimum Gasteiger partial charge on any atom is -0.380 e. The molecule has 0 bridgehead atoms. The summed E-state index contributed by atoms with van der Waals surface area (Å²) in [5.41, 5.74) is 0.365. The van der Waals surface area contributed by atoms with Gasteiger partial charge >= 0.3 is 0 Å². The van der Waals surface area contributed by atoms with E-state index in [9.17, 15) is 8.78 Å². The lowest BCUT2D eigenvalue weighted by molar-refractivity contribution is 0.109. The van der Waals surface area contributed by atoms with E-state index in [2.05, 4.69) is 20.1 Å². The van der Waals surface area contributed by atoms with Gasteiger partial charge in [-0.2, -0.15) is 5.10 Å². The molecule has 24 heavy (non-hydrogen) atoms. The first-order valence-corrected chi connectivity index (χ1v) is 7.84. The number of hydrogen-bond donors (Lipinski definition) is 1. The zero-order chi connectivity index (χ0) is 17.1. The van der Waals surface area contributed by atoms with Crippen LogP contribution >= 0.6 is 0 Å². The molecule has 3 rings (SSSR count). The van der Waals surface area contributed by atoms with Crippen molar-refractivity contribution in [3.05, 3.63) is 53.1 Å². The number of ether oxygens (including phenoxy) is 1. The average Bonchev–Trinajstić information content (AvgIpc) is 3.15. The maximum absolute atomic E-state index is 13.7. The fourth-order valence-electron chi connectivity index (χ4n) is 2.96. The Kier molecular flexibility index (Phi) is 5.01. The van der Waals surface area contributed by atoms with Crippen LogP contribution in [0.25, 0.3) is 6.08 Å². The Balaban J connectivity index is 1.70. The molecule has 0 aliphatic carbocycles. The van der Waals surface area contributed by atoms with Gasteiger partial charge in [0.2, 0.25) is 0 Å². The Morgan fingerprint density at radius 3 is 2.92 bits per heavy atom. The van der Waals surface area contributed by atoms with Crippen molar-refractivity contribution in [2.75, 3.05) is 20.2 Å². The van der Waals surface area contributed by atoms with Gasteiger partial charge in [-0.25, -0.2) is 13.8 Å². The van der Waals surface area contributed by atoms with Gasteiger partial charge in [-0.3, -0.25) is 10.00 Å². The third kappa shape index (κ3) is 3.68. The molecule has 2 aromatic rings. The number of aromatic amines is 1. The number of methoxy groups -OCH3 is 1. The molecule has 1 aromatic carbocycles. The molecule has 5 nitrogen and oxygen atoms in total. The predicted octanol–water partition coefficient (Wildman–Crippen LogP) is 2.87. The van der Waals surface area contributed by atoms with Gasteiger partial charge in [-0.05, 0) is 25.5 Å². The maximum atomic E-state index is 13.7. The number of aromatic nitrogens is 3. The Labute approximate surface area is 139 Å². The van der Waals surface area contributed by atoms with Gasteiger partial charge in [0, 0.05) is 31.8 Å². The predicted molar refractivity (Wildman–Crippen MR) is 86.2 cm³/mol. The first kappa shape index (κ1) is 16.7. The van der Waals surface area contributed by atoms with Crippen LogP contribution in [0.2, 0.25) is 0 Å². The second kappa shape index (κ2) is 7.19. The van der Waals surface area contributed by atoms with Gasteiger partial charge in [0.25, 0.3) is 0 Å². The van der Waals surface area contributed by atoms with Gasteiger partial charge in [-0.15, -0.1) is 0 Å². The van der Waals surface area contributed by atoms with E-state index in [1.165, 1.54) is 12.1 Å². The van der Waals surface area contributed by atoms with Gasteiger partial charge in [0.1, 0.15) is 17.5 Å². The molecule has 2 heterocycles. The van der Waals surface area contributed by atoms with E-state index >= 15 is 0 Å². The standard InChI is InChI=1S/C17H20F2N4O/c1-11-20-17(22-21-11)16-9-14(24-2)10-23(16)7-3-4-12-5-6-13(18)8-15(12)19/h3-6,8,14,16H,7,9-10H2,1-2H3,(H,20,21,22)/b4-3+/t14-,16+/m1/s1. The highest BCUT2D eigenvalue weighted by atomic mass is 19.1. The summed E-state index contributed by atoms with van der Waals surface area (Å²) < 4.78 is 32.1. The summed E-state index contributed by atoms with van der Waals surface area (Å²) in [4.78, 5) is 6.60. The summed E-state index contributed by atoms with van der Waals surface area (Å²) >= 11 is 0. The number of hydrogen-bond acceptors (Lipinski definition) is 4. The lowest BCUT2D eigenvalue weighted by atomic mass is 10.1. The number of nitrogens with zero attached hydrogens (tertiary/aromatic N) is 3. The summed E-state index contributed by atoms with van der Waals surface area (Å²) in [5, 5.41) is 7.11. The van der Waals surface area contributed by atoms with Crippen molar-refractivity contribution in [3.8, 4) is 0 Å². The lowest BCUT2D eigenvalue weighted by Gasteiger charge is -2.19. The van der Waals surface area contributed by atoms with Gasteiger partial charge < -0.3 is 4.74 Å². The number of nitrogens with one attached hydrogen (secondary N) is 1. The van der Waals surface area contributed by atoms with Crippen molar-refractivity contribution >= 4 is 6.08 Å². The smallest absolute Gasteiger partial charge is 0.167 e. The van der Waals surface area contributed by atoms with Crippen molar-refractivity contribution in [2.45, 2.75) is 25.5 Å². The van der Waals surface area contributed by atoms with Crippen molar-refractivity contribution < 1.29 is 13.5 Å². The average molecular weight is 334 g/mol. The Morgan fingerprint density at radius 1 is 1.42 bits per heavy atom. The van der Waals surface area contributed by atoms with Crippen LogP contribution in [0.1, 0.15) is 29.7 Å². The molecule has 1 N–H and O–H groups in total. The van der Waals surface area contributed by atoms with Crippen molar-refractivity contribution in [1.82, 2.24) is 20.1 Å². The van der Waals surface area contributed by atoms with Crippen molar-refractivity contribution in [1.29, 1.82) is 0 Å². The summed E-state index contributed by atoms with van der Waals surface area (Å²) in [6.45, 7) is 3.22. The highest BCUT2D eigenvalue weighted by molar-refractivity contribution is 5.50. The molecule has 7 heteroatoms. The number of rotatable bonds is 5. The highest BCUT2D eigenvalue weighted by Crippen LogP contribution is 2.31. The van der Waals surface area contributed by atoms with Gasteiger partial charge in [-0.1, -0.05) is 12.2 Å². The Bertz CT molecular complexity index is 731. The van der Waals surface area contributed by atoms with Crippen LogP contribution < -0.4 is 0 Å². The molecule has 0 radical (unpaired) electrons. The first-order chi connectivity index (χ1) is 11.6. The van der Waals surface area contributed by atoms with Gasteiger partial charge in [0.15, 0.2) is 5.82 Å². The minimum atomic E-state index is -0.577. The topological polar surface area (TPSA) is 54.0 Å². The van der Waals surface area contributed by atoms with E-state index in [4.69, 9.17) is 4.74 Å². The second-order valence-corrected chi connectivity index (χ2v) is 5.91. The molecule has 1 fully saturated rings. The molecular formula is C17H20F2N4O. The third-order valence-electron chi connectivity index (χ3n) is 4.21. The highest BCUT2D eigenvalue weighted by Gasteiger charge is 2.34. The van der Waals surface area contributed by atoms with E-state index < -0.39 is 11.6 Å². The number of benzene rings is 1. The molecule has 128 valence electrons. The lowest BCUT2D eigenvalue weighted by Crippen LogP contribution is -2.26. The number of halogens is 2. The van der Waals surface area contributed by atoms with E-state index in [0.29, 0.717) is 12.1 Å². The quantitative estimate of drug-likeness (QED) is 0.913. The molecule has 0 spiro atoms. The molecule has 1 aliphatic heterocycles. The maximum Gasteiger partial charge on any atom is 0.167 e. The largest absolute Gasteiger partial charge is 0.380 e. The van der Waals surface area contributed by atoms with Crippen LogP contribution in [0, 0.1) is 18.6 Å². The molecule has 1 saturated heterocycles. The fourth-order valence-corrected chi connectivity index (χ4v) is 2.96. The van der Waals surface area contributed by atoms with Crippen molar-refractivity contribution in [3.63, 3.8) is 0 Å². The minimum absolute atomic E-state index is 0.0580. The molecule has 2 atom stereocenters. The van der Waals surface area contributed by atoms with Crippen LogP contribution in [0.3, 0.4) is 0 Å². The summed E-state index contributed by atoms with van der Waals surface area (Å²) in [7, 11) is 1.69. The number of likely N-dealkylation sites (tertiary alicyclic amines) is 1. The third-order valence-corrected chi connectivity index (χ3v) is 4.21. The monoisotopic (exact) mass is 334 g/mol. The normalized spacial score (nSPS) is 21.8. The molecule has 0 saturated carbocycles. The van der Waals surface area contributed by atoms with E-state index in [1.54, 1.807) is 13.2 Å². The van der Waals surface area contributed by atoms with Crippen LogP contribution in [-0.2, 0) is 4.74 Å². The fraction of sp³-hybridized carbons (Fsp3) is 0.412. The zero-order valence-corrected chi connectivity index (χ0v) is 13.7. The van der Waals surface area contributed by atoms with E-state index in [1.807, 2.05) is 13.0 Å². The van der Waals surface area contributed by atoms with Crippen molar-refractivity contribution in [2.24, 2.45) is 0 Å². The van der Waals surface area contributed by atoms with Gasteiger partial charge in [0.05, 0.1) is 12.1 Å². The molecule has 0 amide bonds. The molecular weight excluding hydrogens is 314 g/mol. The SMILES string of the molecule is CO[C@@H]1C[C@@H](c2n[nH]c(C)n2)N(C/C=C/c2ccc(F)cc2F)C1. The molecule has 0 unspecified atom stereocenters. The Hall–Kier alpha value is -2.12. The number of aryl methyl sites for hydroxylation is 1.